The quantitative estimate of drug-likeness (QED) is 0.711. The molecule has 106 valence electrons. The zero-order chi connectivity index (χ0) is 14.3. The fourth-order valence-electron chi connectivity index (χ4n) is 2.47. The lowest BCUT2D eigenvalue weighted by atomic mass is 10.1. The number of hydrogen-bond acceptors (Lipinski definition) is 2. The molecule has 20 heavy (non-hydrogen) atoms. The molecule has 5 heteroatoms. The van der Waals surface area contributed by atoms with Crippen LogP contribution in [-0.4, -0.2) is 7.05 Å². The van der Waals surface area contributed by atoms with E-state index >= 15 is 0 Å². The number of hydrogen-bond donors (Lipinski definition) is 1. The lowest BCUT2D eigenvalue weighted by molar-refractivity contribution is 0.537. The molecule has 1 N–H and O–H groups in total. The Kier molecular flexibility index (Phi) is 4.30. The van der Waals surface area contributed by atoms with Gasteiger partial charge in [0, 0.05) is 26.4 Å². The van der Waals surface area contributed by atoms with Crippen LogP contribution in [0.5, 0.6) is 0 Å². The number of nitrogens with one attached hydrogen (secondary N) is 1. The second-order valence-electron chi connectivity index (χ2n) is 5.05. The van der Waals surface area contributed by atoms with Gasteiger partial charge in [0.1, 0.15) is 0 Å². The van der Waals surface area contributed by atoms with Crippen LogP contribution in [0.1, 0.15) is 23.8 Å². The van der Waals surface area contributed by atoms with Crippen LogP contribution < -0.4 is 5.32 Å². The van der Waals surface area contributed by atoms with E-state index in [0.717, 1.165) is 16.4 Å². The van der Waals surface area contributed by atoms with Gasteiger partial charge in [-0.3, -0.25) is 0 Å². The van der Waals surface area contributed by atoms with Crippen molar-refractivity contribution < 1.29 is 0 Å². The monoisotopic (exact) mass is 345 g/mol. The molecule has 1 unspecified atom stereocenters. The Labute approximate surface area is 137 Å². The molecule has 0 spiro atoms. The van der Waals surface area contributed by atoms with Crippen LogP contribution in [0.4, 0.5) is 0 Å². The summed E-state index contributed by atoms with van der Waals surface area (Å²) in [5.74, 6) is 0.766. The Bertz CT molecular complexity index is 611. The molecule has 0 saturated heterocycles. The molecule has 1 saturated carbocycles. The van der Waals surface area contributed by atoms with Crippen LogP contribution in [0.15, 0.2) is 24.3 Å². The summed E-state index contributed by atoms with van der Waals surface area (Å²) in [5, 5.41) is 5.17. The highest BCUT2D eigenvalue weighted by Gasteiger charge is 2.32. The van der Waals surface area contributed by atoms with Crippen molar-refractivity contribution in [2.75, 3.05) is 7.05 Å². The summed E-state index contributed by atoms with van der Waals surface area (Å²) in [6.45, 7) is 0. The van der Waals surface area contributed by atoms with Crippen molar-refractivity contribution in [2.24, 2.45) is 5.92 Å². The predicted octanol–water partition coefficient (Wildman–Crippen LogP) is 6.05. The van der Waals surface area contributed by atoms with Gasteiger partial charge >= 0.3 is 0 Å². The zero-order valence-corrected chi connectivity index (χ0v) is 14.0. The second kappa shape index (κ2) is 5.86. The van der Waals surface area contributed by atoms with Gasteiger partial charge in [-0.1, -0.05) is 34.8 Å². The summed E-state index contributed by atoms with van der Waals surface area (Å²) < 4.78 is 0. The molecule has 0 amide bonds. The molecule has 1 nitrogen and oxygen atoms in total. The van der Waals surface area contributed by atoms with Gasteiger partial charge in [0.2, 0.25) is 0 Å². The maximum atomic E-state index is 6.29. The van der Waals surface area contributed by atoms with Gasteiger partial charge in [-0.25, -0.2) is 0 Å². The summed E-state index contributed by atoms with van der Waals surface area (Å²) in [6.07, 6.45) is 2.61. The Morgan fingerprint density at radius 3 is 2.35 bits per heavy atom. The van der Waals surface area contributed by atoms with Crippen molar-refractivity contribution in [3.05, 3.63) is 44.2 Å². The Balaban J connectivity index is 1.97. The molecule has 1 atom stereocenters. The van der Waals surface area contributed by atoms with E-state index in [4.69, 9.17) is 34.8 Å². The summed E-state index contributed by atoms with van der Waals surface area (Å²) in [4.78, 5) is 2.43. The lowest BCUT2D eigenvalue weighted by Crippen LogP contribution is -2.16. The van der Waals surface area contributed by atoms with E-state index in [1.165, 1.54) is 17.7 Å². The fraction of sp³-hybridized carbons (Fsp3) is 0.333. The third-order valence-corrected chi connectivity index (χ3v) is 5.59. The van der Waals surface area contributed by atoms with Crippen LogP contribution in [0.2, 0.25) is 15.1 Å². The Morgan fingerprint density at radius 1 is 1.15 bits per heavy atom. The second-order valence-corrected chi connectivity index (χ2v) is 7.42. The molecule has 2 aromatic rings. The fourth-order valence-corrected chi connectivity index (χ4v) is 4.89. The molecular formula is C15H14Cl3NS. The average molecular weight is 347 g/mol. The van der Waals surface area contributed by atoms with Crippen molar-refractivity contribution in [3.8, 4) is 10.4 Å². The topological polar surface area (TPSA) is 12.0 Å². The third kappa shape index (κ3) is 2.86. The Morgan fingerprint density at radius 2 is 1.80 bits per heavy atom. The summed E-state index contributed by atoms with van der Waals surface area (Å²) in [5.41, 5.74) is 0.875. The van der Waals surface area contributed by atoms with E-state index in [9.17, 15) is 0 Å². The van der Waals surface area contributed by atoms with E-state index in [2.05, 4.69) is 17.4 Å². The van der Waals surface area contributed by atoms with Gasteiger partial charge in [-0.2, -0.15) is 0 Å². The van der Waals surface area contributed by atoms with Gasteiger partial charge in [-0.05, 0) is 50.1 Å². The van der Waals surface area contributed by atoms with Gasteiger partial charge in [-0.15, -0.1) is 11.3 Å². The zero-order valence-electron chi connectivity index (χ0n) is 10.9. The number of thiophene rings is 1. The molecule has 1 aromatic heterocycles. The highest BCUT2D eigenvalue weighted by atomic mass is 35.5. The minimum atomic E-state index is 0.443. The molecule has 1 aromatic carbocycles. The van der Waals surface area contributed by atoms with Crippen LogP contribution >= 0.6 is 46.1 Å². The van der Waals surface area contributed by atoms with E-state index in [1.54, 1.807) is 23.5 Å². The van der Waals surface area contributed by atoms with Gasteiger partial charge in [0.25, 0.3) is 0 Å². The van der Waals surface area contributed by atoms with Crippen LogP contribution in [0.25, 0.3) is 10.4 Å². The Hall–Kier alpha value is -0.250. The highest BCUT2D eigenvalue weighted by molar-refractivity contribution is 7.15. The number of benzene rings is 1. The maximum Gasteiger partial charge on any atom is 0.0522 e. The van der Waals surface area contributed by atoms with Crippen molar-refractivity contribution >= 4 is 46.1 Å². The molecule has 1 fully saturated rings. The first-order valence-electron chi connectivity index (χ1n) is 6.52. The van der Waals surface area contributed by atoms with Crippen molar-refractivity contribution in [3.63, 3.8) is 0 Å². The normalized spacial score (nSPS) is 16.4. The molecule has 0 radical (unpaired) electrons. The van der Waals surface area contributed by atoms with Crippen LogP contribution in [-0.2, 0) is 0 Å². The smallest absolute Gasteiger partial charge is 0.0522 e. The first-order valence-corrected chi connectivity index (χ1v) is 8.47. The average Bonchev–Trinajstić information content (AvgIpc) is 3.09. The van der Waals surface area contributed by atoms with Crippen molar-refractivity contribution in [1.82, 2.24) is 5.32 Å². The van der Waals surface area contributed by atoms with Crippen LogP contribution in [0, 0.1) is 5.92 Å². The molecular weight excluding hydrogens is 333 g/mol. The van der Waals surface area contributed by atoms with E-state index in [1.807, 2.05) is 7.05 Å². The van der Waals surface area contributed by atoms with Crippen LogP contribution in [0.3, 0.4) is 0 Å². The third-order valence-electron chi connectivity index (χ3n) is 3.59. The van der Waals surface area contributed by atoms with E-state index < -0.39 is 0 Å². The molecule has 1 aliphatic rings. The van der Waals surface area contributed by atoms with Crippen molar-refractivity contribution in [2.45, 2.75) is 18.9 Å². The molecule has 1 heterocycles. The SMILES string of the molecule is CNC(c1ccc(-c2c(Cl)cc(Cl)cc2Cl)s1)C1CC1. The molecule has 3 rings (SSSR count). The first kappa shape index (κ1) is 14.7. The van der Waals surface area contributed by atoms with Gasteiger partial charge < -0.3 is 5.32 Å². The summed E-state index contributed by atoms with van der Waals surface area (Å²) >= 11 is 20.3. The maximum absolute atomic E-state index is 6.29. The van der Waals surface area contributed by atoms with Gasteiger partial charge in [0.05, 0.1) is 10.0 Å². The molecule has 0 aliphatic heterocycles. The number of halogens is 3. The van der Waals surface area contributed by atoms with E-state index in [-0.39, 0.29) is 0 Å². The minimum Gasteiger partial charge on any atom is -0.312 e. The first-order chi connectivity index (χ1) is 9.60. The van der Waals surface area contributed by atoms with E-state index in [0.29, 0.717) is 21.1 Å². The molecule has 1 aliphatic carbocycles. The van der Waals surface area contributed by atoms with Crippen molar-refractivity contribution in [1.29, 1.82) is 0 Å². The highest BCUT2D eigenvalue weighted by Crippen LogP contribution is 2.46. The largest absolute Gasteiger partial charge is 0.312 e. The lowest BCUT2D eigenvalue weighted by Gasteiger charge is -2.12. The summed E-state index contributed by atoms with van der Waals surface area (Å²) in [6, 6.07) is 8.17. The molecule has 0 bridgehead atoms. The standard InChI is InChI=1S/C15H14Cl3NS/c1-19-15(8-2-3-8)13-5-4-12(20-13)14-10(17)6-9(16)7-11(14)18/h4-8,15,19H,2-3H2,1H3. The number of rotatable bonds is 4. The predicted molar refractivity (Wildman–Crippen MR) is 89.3 cm³/mol. The van der Waals surface area contributed by atoms with Gasteiger partial charge in [0.15, 0.2) is 0 Å². The summed E-state index contributed by atoms with van der Waals surface area (Å²) in [7, 11) is 2.02. The minimum absolute atomic E-state index is 0.443.